The van der Waals surface area contributed by atoms with Gasteiger partial charge in [-0.05, 0) is 13.8 Å². The van der Waals surface area contributed by atoms with Crippen LogP contribution in [-0.4, -0.2) is 10.9 Å². The summed E-state index contributed by atoms with van der Waals surface area (Å²) >= 11 is 4.62. The van der Waals surface area contributed by atoms with Crippen molar-refractivity contribution >= 4 is 17.1 Å². The lowest BCUT2D eigenvalue weighted by Gasteiger charge is -1.92. The third-order valence-electron chi connectivity index (χ3n) is 0.746. The Balaban J connectivity index is 3.55. The highest BCUT2D eigenvalue weighted by Crippen LogP contribution is 1.90. The van der Waals surface area contributed by atoms with Gasteiger partial charge in [0.05, 0.1) is 0 Å². The molecule has 7 heavy (non-hydrogen) atoms. The first-order valence-corrected chi connectivity index (χ1v) is 2.42. The molecule has 0 rings (SSSR count). The molecule has 0 saturated carbocycles. The summed E-state index contributed by atoms with van der Waals surface area (Å²) in [5, 5.41) is 2.70. The van der Waals surface area contributed by atoms with Crippen molar-refractivity contribution in [1.29, 1.82) is 0 Å². The van der Waals surface area contributed by atoms with Crippen molar-refractivity contribution in [3.63, 3.8) is 0 Å². The predicted octanol–water partition coefficient (Wildman–Crippen LogP) is 1.53. The lowest BCUT2D eigenvalue weighted by molar-refractivity contribution is 0.974. The van der Waals surface area contributed by atoms with Crippen LogP contribution in [0.15, 0.2) is 5.18 Å². The zero-order valence-electron chi connectivity index (χ0n) is 4.34. The molecular formula is C4H7NOS. The van der Waals surface area contributed by atoms with Gasteiger partial charge in [-0.15, -0.1) is 0 Å². The summed E-state index contributed by atoms with van der Waals surface area (Å²) in [6.07, 6.45) is 0. The molecule has 0 saturated heterocycles. The number of rotatable bonds is 2. The molecule has 0 aromatic rings. The first kappa shape index (κ1) is 6.69. The van der Waals surface area contributed by atoms with E-state index in [9.17, 15) is 4.91 Å². The van der Waals surface area contributed by atoms with Crippen LogP contribution in [0.25, 0.3) is 0 Å². The van der Waals surface area contributed by atoms with Gasteiger partial charge in [0, 0.05) is 4.86 Å². The Morgan fingerprint density at radius 1 is 1.86 bits per heavy atom. The van der Waals surface area contributed by atoms with Gasteiger partial charge in [0.25, 0.3) is 0 Å². The van der Waals surface area contributed by atoms with Crippen molar-refractivity contribution in [3.05, 3.63) is 4.91 Å². The molecule has 0 aliphatic rings. The second-order valence-electron chi connectivity index (χ2n) is 1.39. The molecule has 1 atom stereocenters. The molecule has 0 bridgehead atoms. The molecule has 0 amide bonds. The van der Waals surface area contributed by atoms with Gasteiger partial charge in [0.1, 0.15) is 6.04 Å². The van der Waals surface area contributed by atoms with E-state index >= 15 is 0 Å². The van der Waals surface area contributed by atoms with E-state index in [-0.39, 0.29) is 6.04 Å². The zero-order chi connectivity index (χ0) is 5.86. The smallest absolute Gasteiger partial charge is 0.120 e. The molecule has 0 N–H and O–H groups in total. The van der Waals surface area contributed by atoms with E-state index in [2.05, 4.69) is 17.4 Å². The van der Waals surface area contributed by atoms with Gasteiger partial charge in [-0.1, -0.05) is 17.4 Å². The van der Waals surface area contributed by atoms with E-state index in [1.165, 1.54) is 0 Å². The average Bonchev–Trinajstić information content (AvgIpc) is 1.65. The third-order valence-corrected chi connectivity index (χ3v) is 1.09. The molecular weight excluding hydrogens is 110 g/mol. The summed E-state index contributed by atoms with van der Waals surface area (Å²) in [5.41, 5.74) is 0. The third kappa shape index (κ3) is 2.39. The molecule has 0 fully saturated rings. The Morgan fingerprint density at radius 3 is 2.29 bits per heavy atom. The van der Waals surface area contributed by atoms with E-state index in [4.69, 9.17) is 0 Å². The molecule has 0 heterocycles. The molecule has 0 aromatic carbocycles. The molecule has 0 aliphatic carbocycles. The van der Waals surface area contributed by atoms with Gasteiger partial charge in [-0.25, -0.2) is 0 Å². The fraction of sp³-hybridized carbons (Fsp3) is 0.750. The molecule has 2 nitrogen and oxygen atoms in total. The van der Waals surface area contributed by atoms with Crippen molar-refractivity contribution in [3.8, 4) is 0 Å². The van der Waals surface area contributed by atoms with Crippen LogP contribution in [0.2, 0.25) is 0 Å². The van der Waals surface area contributed by atoms with Gasteiger partial charge in [0.2, 0.25) is 0 Å². The summed E-state index contributed by atoms with van der Waals surface area (Å²) in [5.74, 6) is 0. The van der Waals surface area contributed by atoms with Crippen LogP contribution in [0.3, 0.4) is 0 Å². The molecule has 0 spiro atoms. The maximum absolute atomic E-state index is 9.61. The lowest BCUT2D eigenvalue weighted by Crippen LogP contribution is -2.05. The summed E-state index contributed by atoms with van der Waals surface area (Å²) < 4.78 is 0. The van der Waals surface area contributed by atoms with Crippen LogP contribution in [0, 0.1) is 4.91 Å². The van der Waals surface area contributed by atoms with Crippen LogP contribution in [0.1, 0.15) is 13.8 Å². The fourth-order valence-electron chi connectivity index (χ4n) is 0.0742. The molecule has 3 heteroatoms. The Hall–Kier alpha value is -0.310. The zero-order valence-corrected chi connectivity index (χ0v) is 5.16. The number of hydrogen-bond donors (Lipinski definition) is 0. The fourth-order valence-corrected chi connectivity index (χ4v) is 0.117. The van der Waals surface area contributed by atoms with Crippen molar-refractivity contribution < 1.29 is 0 Å². The standard InChI is InChI=1S/C4H7NOS/c1-3(5-6)4(2)7/h3H,1-2H3. The SMILES string of the molecule is CC(=S)C(C)N=O. The van der Waals surface area contributed by atoms with Gasteiger partial charge in [0.15, 0.2) is 0 Å². The maximum Gasteiger partial charge on any atom is 0.120 e. The van der Waals surface area contributed by atoms with E-state index in [1.54, 1.807) is 13.8 Å². The van der Waals surface area contributed by atoms with Gasteiger partial charge in [-0.2, -0.15) is 4.91 Å². The topological polar surface area (TPSA) is 29.4 Å². The van der Waals surface area contributed by atoms with Crippen LogP contribution in [-0.2, 0) is 0 Å². The maximum atomic E-state index is 9.61. The van der Waals surface area contributed by atoms with Crippen LogP contribution >= 0.6 is 12.2 Å². The highest BCUT2D eigenvalue weighted by atomic mass is 32.1. The van der Waals surface area contributed by atoms with E-state index < -0.39 is 0 Å². The molecule has 40 valence electrons. The predicted molar refractivity (Wildman–Crippen MR) is 33.5 cm³/mol. The molecule has 0 aromatic heterocycles. The summed E-state index contributed by atoms with van der Waals surface area (Å²) in [4.78, 5) is 10.3. The molecule has 0 radical (unpaired) electrons. The van der Waals surface area contributed by atoms with Crippen molar-refractivity contribution in [2.45, 2.75) is 19.9 Å². The highest BCUT2D eigenvalue weighted by molar-refractivity contribution is 7.80. The Labute approximate surface area is 47.9 Å². The minimum atomic E-state index is -0.296. The first-order chi connectivity index (χ1) is 3.18. The Morgan fingerprint density at radius 2 is 2.29 bits per heavy atom. The number of nitrogens with zero attached hydrogens (tertiary/aromatic N) is 1. The summed E-state index contributed by atoms with van der Waals surface area (Å²) in [6.45, 7) is 3.39. The minimum absolute atomic E-state index is 0.296. The number of thiocarbonyl (C=S) groups is 1. The van der Waals surface area contributed by atoms with Crippen LogP contribution in [0.5, 0.6) is 0 Å². The van der Waals surface area contributed by atoms with Crippen molar-refractivity contribution in [2.75, 3.05) is 0 Å². The van der Waals surface area contributed by atoms with Gasteiger partial charge >= 0.3 is 0 Å². The number of nitroso groups, excluding NO2 is 1. The normalized spacial score (nSPS) is 12.9. The Kier molecular flexibility index (Phi) is 2.67. The highest BCUT2D eigenvalue weighted by Gasteiger charge is 1.99. The summed E-state index contributed by atoms with van der Waals surface area (Å²) in [7, 11) is 0. The number of hydrogen-bond acceptors (Lipinski definition) is 3. The van der Waals surface area contributed by atoms with Gasteiger partial charge < -0.3 is 0 Å². The average molecular weight is 117 g/mol. The minimum Gasteiger partial charge on any atom is -0.150 e. The largest absolute Gasteiger partial charge is 0.150 e. The van der Waals surface area contributed by atoms with Crippen LogP contribution in [0.4, 0.5) is 0 Å². The first-order valence-electron chi connectivity index (χ1n) is 2.01. The van der Waals surface area contributed by atoms with Crippen molar-refractivity contribution in [2.24, 2.45) is 5.18 Å². The van der Waals surface area contributed by atoms with Crippen molar-refractivity contribution in [1.82, 2.24) is 0 Å². The summed E-state index contributed by atoms with van der Waals surface area (Å²) in [6, 6.07) is -0.296. The van der Waals surface area contributed by atoms with E-state index in [0.717, 1.165) is 0 Å². The molecule has 1 unspecified atom stereocenters. The second kappa shape index (κ2) is 2.80. The van der Waals surface area contributed by atoms with E-state index in [0.29, 0.717) is 4.86 Å². The quantitative estimate of drug-likeness (QED) is 0.405. The van der Waals surface area contributed by atoms with Crippen LogP contribution < -0.4 is 0 Å². The Bertz CT molecular complexity index is 91.7. The van der Waals surface area contributed by atoms with E-state index in [1.807, 2.05) is 0 Å². The second-order valence-corrected chi connectivity index (χ2v) is 2.04. The monoisotopic (exact) mass is 117 g/mol. The van der Waals surface area contributed by atoms with Gasteiger partial charge in [-0.3, -0.25) is 0 Å². The lowest BCUT2D eigenvalue weighted by atomic mass is 10.3. The molecule has 0 aliphatic heterocycles.